The van der Waals surface area contributed by atoms with Crippen molar-refractivity contribution >= 4 is 34.2 Å². The molecule has 0 bridgehead atoms. The molecule has 14 heavy (non-hydrogen) atoms. The standard InChI is InChI=1S/C9H5ClFIN2/c10-5-2-1-3-6(11)8(5)9-7(12)4-13-14-9/h1-4H,(H,13,14). The summed E-state index contributed by atoms with van der Waals surface area (Å²) in [6.45, 7) is 0. The molecule has 0 radical (unpaired) electrons. The van der Waals surface area contributed by atoms with E-state index in [0.717, 1.165) is 3.57 Å². The Hall–Kier alpha value is -0.620. The zero-order valence-electron chi connectivity index (χ0n) is 6.89. The van der Waals surface area contributed by atoms with Crippen LogP contribution in [-0.4, -0.2) is 10.2 Å². The zero-order chi connectivity index (χ0) is 10.1. The van der Waals surface area contributed by atoms with Gasteiger partial charge in [0.25, 0.3) is 0 Å². The van der Waals surface area contributed by atoms with E-state index in [9.17, 15) is 4.39 Å². The summed E-state index contributed by atoms with van der Waals surface area (Å²) >= 11 is 7.98. The first kappa shape index (κ1) is 9.92. The summed E-state index contributed by atoms with van der Waals surface area (Å²) in [5, 5.41) is 6.93. The Balaban J connectivity index is 2.68. The van der Waals surface area contributed by atoms with E-state index in [4.69, 9.17) is 11.6 Å². The van der Waals surface area contributed by atoms with Crippen molar-refractivity contribution in [1.29, 1.82) is 0 Å². The molecule has 0 saturated carbocycles. The second-order valence-electron chi connectivity index (χ2n) is 2.69. The molecule has 1 heterocycles. The molecule has 0 saturated heterocycles. The number of nitrogens with one attached hydrogen (secondary N) is 1. The largest absolute Gasteiger partial charge is 0.277 e. The first-order valence-electron chi connectivity index (χ1n) is 3.83. The predicted molar refractivity (Wildman–Crippen MR) is 61.7 cm³/mol. The summed E-state index contributed by atoms with van der Waals surface area (Å²) in [5.74, 6) is -0.348. The first-order valence-corrected chi connectivity index (χ1v) is 5.29. The molecule has 1 N–H and O–H groups in total. The molecule has 0 aliphatic carbocycles. The van der Waals surface area contributed by atoms with Crippen molar-refractivity contribution in [2.45, 2.75) is 0 Å². The van der Waals surface area contributed by atoms with Crippen molar-refractivity contribution in [3.8, 4) is 11.3 Å². The quantitative estimate of drug-likeness (QED) is 0.800. The van der Waals surface area contributed by atoms with E-state index in [2.05, 4.69) is 32.8 Å². The monoisotopic (exact) mass is 322 g/mol. The molecule has 2 aromatic rings. The molecule has 2 rings (SSSR count). The lowest BCUT2D eigenvalue weighted by molar-refractivity contribution is 0.630. The second-order valence-corrected chi connectivity index (χ2v) is 4.26. The highest BCUT2D eigenvalue weighted by Gasteiger charge is 2.13. The van der Waals surface area contributed by atoms with Crippen molar-refractivity contribution in [2.24, 2.45) is 0 Å². The average molecular weight is 323 g/mol. The molecule has 0 spiro atoms. The van der Waals surface area contributed by atoms with Crippen molar-refractivity contribution in [1.82, 2.24) is 10.2 Å². The Morgan fingerprint density at radius 2 is 2.21 bits per heavy atom. The van der Waals surface area contributed by atoms with Gasteiger partial charge in [0.2, 0.25) is 0 Å². The van der Waals surface area contributed by atoms with Gasteiger partial charge in [0.15, 0.2) is 0 Å². The number of hydrogen-bond donors (Lipinski definition) is 1. The minimum atomic E-state index is -0.348. The lowest BCUT2D eigenvalue weighted by Crippen LogP contribution is -1.87. The molecule has 2 nitrogen and oxygen atoms in total. The maximum Gasteiger partial charge on any atom is 0.134 e. The topological polar surface area (TPSA) is 28.7 Å². The number of aromatic nitrogens is 2. The molecule has 0 aliphatic heterocycles. The first-order chi connectivity index (χ1) is 6.70. The maximum absolute atomic E-state index is 13.5. The summed E-state index contributed by atoms with van der Waals surface area (Å²) in [6, 6.07) is 4.60. The van der Waals surface area contributed by atoms with Crippen LogP contribution in [0.5, 0.6) is 0 Å². The molecule has 72 valence electrons. The van der Waals surface area contributed by atoms with Gasteiger partial charge in [-0.2, -0.15) is 5.10 Å². The van der Waals surface area contributed by atoms with Crippen LogP contribution in [0.15, 0.2) is 24.4 Å². The highest BCUT2D eigenvalue weighted by atomic mass is 127. The normalized spacial score (nSPS) is 10.5. The van der Waals surface area contributed by atoms with Gasteiger partial charge in [-0.3, -0.25) is 5.10 Å². The van der Waals surface area contributed by atoms with E-state index >= 15 is 0 Å². The summed E-state index contributed by atoms with van der Waals surface area (Å²) in [7, 11) is 0. The van der Waals surface area contributed by atoms with Gasteiger partial charge in [-0.25, -0.2) is 4.39 Å². The minimum absolute atomic E-state index is 0.348. The van der Waals surface area contributed by atoms with Crippen LogP contribution in [0.2, 0.25) is 5.02 Å². The summed E-state index contributed by atoms with van der Waals surface area (Å²) in [4.78, 5) is 0. The number of H-pyrrole nitrogens is 1. The summed E-state index contributed by atoms with van der Waals surface area (Å²) in [6.07, 6.45) is 1.62. The molecule has 1 aromatic heterocycles. The Morgan fingerprint density at radius 3 is 2.79 bits per heavy atom. The van der Waals surface area contributed by atoms with Crippen molar-refractivity contribution in [2.75, 3.05) is 0 Å². The lowest BCUT2D eigenvalue weighted by Gasteiger charge is -2.03. The highest BCUT2D eigenvalue weighted by molar-refractivity contribution is 14.1. The van der Waals surface area contributed by atoms with Crippen LogP contribution in [0.25, 0.3) is 11.3 Å². The van der Waals surface area contributed by atoms with E-state index in [1.807, 2.05) is 0 Å². The number of aromatic amines is 1. The third-order valence-corrected chi connectivity index (χ3v) is 2.94. The fourth-order valence-corrected chi connectivity index (χ4v) is 1.97. The number of nitrogens with zero attached hydrogens (tertiary/aromatic N) is 1. The smallest absolute Gasteiger partial charge is 0.134 e. The van der Waals surface area contributed by atoms with Gasteiger partial charge in [-0.05, 0) is 34.7 Å². The molecule has 1 aromatic carbocycles. The number of hydrogen-bond acceptors (Lipinski definition) is 1. The third kappa shape index (κ3) is 1.64. The van der Waals surface area contributed by atoms with Crippen LogP contribution < -0.4 is 0 Å². The van der Waals surface area contributed by atoms with E-state index < -0.39 is 0 Å². The van der Waals surface area contributed by atoms with E-state index in [1.54, 1.807) is 18.3 Å². The average Bonchev–Trinajstić information content (AvgIpc) is 2.52. The Morgan fingerprint density at radius 1 is 1.43 bits per heavy atom. The Kier molecular flexibility index (Phi) is 2.73. The van der Waals surface area contributed by atoms with Gasteiger partial charge in [0.1, 0.15) is 5.82 Å². The van der Waals surface area contributed by atoms with Crippen molar-refractivity contribution < 1.29 is 4.39 Å². The van der Waals surface area contributed by atoms with Gasteiger partial charge < -0.3 is 0 Å². The van der Waals surface area contributed by atoms with Gasteiger partial charge in [-0.1, -0.05) is 17.7 Å². The van der Waals surface area contributed by atoms with Gasteiger partial charge in [0.05, 0.1) is 26.0 Å². The molecular weight excluding hydrogens is 317 g/mol. The number of halogens is 3. The fourth-order valence-electron chi connectivity index (χ4n) is 1.18. The maximum atomic E-state index is 13.5. The molecule has 0 unspecified atom stereocenters. The van der Waals surface area contributed by atoms with Gasteiger partial charge >= 0.3 is 0 Å². The second kappa shape index (κ2) is 3.86. The van der Waals surface area contributed by atoms with Crippen LogP contribution in [0.3, 0.4) is 0 Å². The van der Waals surface area contributed by atoms with E-state index in [1.165, 1.54) is 6.07 Å². The van der Waals surface area contributed by atoms with Crippen molar-refractivity contribution in [3.05, 3.63) is 38.8 Å². The van der Waals surface area contributed by atoms with Crippen LogP contribution in [0, 0.1) is 9.39 Å². The molecule has 0 amide bonds. The molecule has 0 aliphatic rings. The van der Waals surface area contributed by atoms with Crippen molar-refractivity contribution in [3.63, 3.8) is 0 Å². The third-order valence-electron chi connectivity index (χ3n) is 1.81. The van der Waals surface area contributed by atoms with Gasteiger partial charge in [0, 0.05) is 0 Å². The molecular formula is C9H5ClFIN2. The highest BCUT2D eigenvalue weighted by Crippen LogP contribution is 2.31. The minimum Gasteiger partial charge on any atom is -0.277 e. The Bertz CT molecular complexity index is 449. The van der Waals surface area contributed by atoms with Crippen LogP contribution >= 0.6 is 34.2 Å². The van der Waals surface area contributed by atoms with Crippen LogP contribution in [0.4, 0.5) is 4.39 Å². The SMILES string of the molecule is Fc1cccc(Cl)c1-c1[nH]ncc1I. The summed E-state index contributed by atoms with van der Waals surface area (Å²) < 4.78 is 14.3. The van der Waals surface area contributed by atoms with E-state index in [0.29, 0.717) is 16.3 Å². The number of rotatable bonds is 1. The molecule has 5 heteroatoms. The fraction of sp³-hybridized carbons (Fsp3) is 0. The predicted octanol–water partition coefficient (Wildman–Crippen LogP) is 3.47. The molecule has 0 atom stereocenters. The van der Waals surface area contributed by atoms with Crippen LogP contribution in [0.1, 0.15) is 0 Å². The van der Waals surface area contributed by atoms with Gasteiger partial charge in [-0.15, -0.1) is 0 Å². The summed E-state index contributed by atoms with van der Waals surface area (Å²) in [5.41, 5.74) is 0.991. The molecule has 0 fully saturated rings. The van der Waals surface area contributed by atoms with E-state index in [-0.39, 0.29) is 5.82 Å². The Labute approximate surface area is 98.6 Å². The zero-order valence-corrected chi connectivity index (χ0v) is 9.80. The number of benzene rings is 1. The van der Waals surface area contributed by atoms with Crippen LogP contribution in [-0.2, 0) is 0 Å². The lowest BCUT2D eigenvalue weighted by atomic mass is 10.1.